The van der Waals surface area contributed by atoms with E-state index in [1.807, 2.05) is 32.0 Å². The predicted molar refractivity (Wildman–Crippen MR) is 132 cm³/mol. The van der Waals surface area contributed by atoms with Gasteiger partial charge in [-0.1, -0.05) is 42.3 Å². The Bertz CT molecular complexity index is 947. The molecule has 180 valence electrons. The molecule has 0 saturated carbocycles. The molecule has 0 saturated heterocycles. The highest BCUT2D eigenvalue weighted by Crippen LogP contribution is 2.29. The highest BCUT2D eigenvalue weighted by Gasteiger charge is 2.28. The molecule has 6 nitrogen and oxygen atoms in total. The van der Waals surface area contributed by atoms with Crippen LogP contribution in [0.25, 0.3) is 0 Å². The Labute approximate surface area is 206 Å². The molecule has 0 fully saturated rings. The SMILES string of the molecule is CC[C@H](C)NC(=O)[C@H](C)N(Cc1c(Cl)cccc1Cl)C(=O)CCc1ccc(OC)c(OC)c1. The first-order valence-electron chi connectivity index (χ1n) is 10.9. The first-order chi connectivity index (χ1) is 15.7. The lowest BCUT2D eigenvalue weighted by molar-refractivity contribution is -0.140. The molecular formula is C25H32Cl2N2O4. The van der Waals surface area contributed by atoms with E-state index < -0.39 is 6.04 Å². The highest BCUT2D eigenvalue weighted by atomic mass is 35.5. The lowest BCUT2D eigenvalue weighted by atomic mass is 10.1. The molecule has 2 aromatic carbocycles. The van der Waals surface area contributed by atoms with Gasteiger partial charge in [-0.2, -0.15) is 0 Å². The van der Waals surface area contributed by atoms with Crippen molar-refractivity contribution in [2.45, 2.75) is 58.7 Å². The summed E-state index contributed by atoms with van der Waals surface area (Å²) in [4.78, 5) is 27.7. The molecule has 0 radical (unpaired) electrons. The Kier molecular flexibility index (Phi) is 10.3. The fourth-order valence-electron chi connectivity index (χ4n) is 3.33. The van der Waals surface area contributed by atoms with Gasteiger partial charge < -0.3 is 19.7 Å². The fourth-order valence-corrected chi connectivity index (χ4v) is 3.85. The van der Waals surface area contributed by atoms with Crippen LogP contribution < -0.4 is 14.8 Å². The second-order valence-corrected chi connectivity index (χ2v) is 8.72. The van der Waals surface area contributed by atoms with Crippen molar-refractivity contribution in [3.63, 3.8) is 0 Å². The zero-order valence-electron chi connectivity index (χ0n) is 19.8. The predicted octanol–water partition coefficient (Wildman–Crippen LogP) is 5.28. The van der Waals surface area contributed by atoms with Gasteiger partial charge in [0, 0.05) is 34.6 Å². The molecule has 1 N–H and O–H groups in total. The number of hydrogen-bond acceptors (Lipinski definition) is 4. The van der Waals surface area contributed by atoms with Crippen LogP contribution in [0.4, 0.5) is 0 Å². The Morgan fingerprint density at radius 1 is 1.03 bits per heavy atom. The smallest absolute Gasteiger partial charge is 0.242 e. The van der Waals surface area contributed by atoms with E-state index in [4.69, 9.17) is 32.7 Å². The Balaban J connectivity index is 2.24. The van der Waals surface area contributed by atoms with Gasteiger partial charge >= 0.3 is 0 Å². The minimum Gasteiger partial charge on any atom is -0.493 e. The fraction of sp³-hybridized carbons (Fsp3) is 0.440. The third kappa shape index (κ3) is 7.27. The lowest BCUT2D eigenvalue weighted by Gasteiger charge is -2.30. The highest BCUT2D eigenvalue weighted by molar-refractivity contribution is 6.36. The number of halogens is 2. The third-order valence-corrected chi connectivity index (χ3v) is 6.34. The zero-order chi connectivity index (χ0) is 24.5. The van der Waals surface area contributed by atoms with Gasteiger partial charge in [-0.25, -0.2) is 0 Å². The van der Waals surface area contributed by atoms with Gasteiger partial charge in [0.2, 0.25) is 11.8 Å². The summed E-state index contributed by atoms with van der Waals surface area (Å²) in [5, 5.41) is 3.86. The van der Waals surface area contributed by atoms with Gasteiger partial charge in [0.15, 0.2) is 11.5 Å². The molecule has 0 aliphatic rings. The van der Waals surface area contributed by atoms with Crippen LogP contribution in [0.3, 0.4) is 0 Å². The summed E-state index contributed by atoms with van der Waals surface area (Å²) >= 11 is 12.7. The lowest BCUT2D eigenvalue weighted by Crippen LogP contribution is -2.49. The number of ether oxygens (including phenoxy) is 2. The molecule has 8 heteroatoms. The summed E-state index contributed by atoms with van der Waals surface area (Å²) in [7, 11) is 3.14. The van der Waals surface area contributed by atoms with Crippen molar-refractivity contribution in [1.29, 1.82) is 0 Å². The van der Waals surface area contributed by atoms with Crippen molar-refractivity contribution >= 4 is 35.0 Å². The van der Waals surface area contributed by atoms with E-state index in [0.717, 1.165) is 12.0 Å². The molecule has 0 unspecified atom stereocenters. The Morgan fingerprint density at radius 2 is 1.67 bits per heavy atom. The summed E-state index contributed by atoms with van der Waals surface area (Å²) < 4.78 is 10.6. The second-order valence-electron chi connectivity index (χ2n) is 7.91. The molecule has 0 bridgehead atoms. The van der Waals surface area contributed by atoms with Gasteiger partial charge in [0.1, 0.15) is 6.04 Å². The standard InChI is InChI=1S/C25H32Cl2N2O4/c1-6-16(2)28-25(31)17(3)29(15-19-20(26)8-7-9-21(19)27)24(30)13-11-18-10-12-22(32-4)23(14-18)33-5/h7-10,12,14,16-17H,6,11,13,15H2,1-5H3,(H,28,31)/t16-,17-/m0/s1. The van der Waals surface area contributed by atoms with Crippen LogP contribution in [0.2, 0.25) is 10.0 Å². The van der Waals surface area contributed by atoms with Crippen molar-refractivity contribution < 1.29 is 19.1 Å². The van der Waals surface area contributed by atoms with Crippen LogP contribution in [0.1, 0.15) is 44.7 Å². The quantitative estimate of drug-likeness (QED) is 0.461. The number of hydrogen-bond donors (Lipinski definition) is 1. The Morgan fingerprint density at radius 3 is 2.24 bits per heavy atom. The third-order valence-electron chi connectivity index (χ3n) is 5.63. The average Bonchev–Trinajstić information content (AvgIpc) is 2.81. The number of amides is 2. The maximum atomic E-state index is 13.3. The monoisotopic (exact) mass is 494 g/mol. The van der Waals surface area contributed by atoms with Crippen LogP contribution in [-0.4, -0.2) is 43.0 Å². The van der Waals surface area contributed by atoms with E-state index in [2.05, 4.69) is 5.32 Å². The Hall–Kier alpha value is -2.44. The number of benzene rings is 2. The molecule has 2 atom stereocenters. The topological polar surface area (TPSA) is 67.9 Å². The molecule has 0 aromatic heterocycles. The van der Waals surface area contributed by atoms with Gasteiger partial charge in [-0.05, 0) is 56.5 Å². The number of aryl methyl sites for hydroxylation is 1. The van der Waals surface area contributed by atoms with E-state index in [1.165, 1.54) is 4.90 Å². The summed E-state index contributed by atoms with van der Waals surface area (Å²) in [6.45, 7) is 5.78. The molecule has 33 heavy (non-hydrogen) atoms. The van der Waals surface area contributed by atoms with Crippen LogP contribution >= 0.6 is 23.2 Å². The number of carbonyl (C=O) groups excluding carboxylic acids is 2. The minimum atomic E-state index is -0.691. The summed E-state index contributed by atoms with van der Waals surface area (Å²) in [6, 6.07) is 10.1. The van der Waals surface area contributed by atoms with Gasteiger partial charge in [0.05, 0.1) is 14.2 Å². The van der Waals surface area contributed by atoms with E-state index in [-0.39, 0.29) is 30.8 Å². The van der Waals surface area contributed by atoms with E-state index in [1.54, 1.807) is 39.3 Å². The van der Waals surface area contributed by atoms with E-state index in [0.29, 0.717) is 33.5 Å². The molecule has 2 aromatic rings. The van der Waals surface area contributed by atoms with E-state index >= 15 is 0 Å². The minimum absolute atomic E-state index is 0.00701. The normalized spacial score (nSPS) is 12.6. The van der Waals surface area contributed by atoms with Crippen molar-refractivity contribution in [2.75, 3.05) is 14.2 Å². The first kappa shape index (κ1) is 26.8. The molecule has 2 amide bonds. The number of carbonyl (C=O) groups is 2. The van der Waals surface area contributed by atoms with Crippen molar-refractivity contribution in [2.24, 2.45) is 0 Å². The number of nitrogens with one attached hydrogen (secondary N) is 1. The molecule has 0 aliphatic carbocycles. The molecule has 0 heterocycles. The van der Waals surface area contributed by atoms with Crippen molar-refractivity contribution in [3.05, 3.63) is 57.6 Å². The molecule has 0 aliphatic heterocycles. The molecule has 2 rings (SSSR count). The van der Waals surface area contributed by atoms with E-state index in [9.17, 15) is 9.59 Å². The number of rotatable bonds is 11. The molecule has 0 spiro atoms. The second kappa shape index (κ2) is 12.7. The van der Waals surface area contributed by atoms with Crippen LogP contribution in [0, 0.1) is 0 Å². The number of methoxy groups -OCH3 is 2. The van der Waals surface area contributed by atoms with Crippen LogP contribution in [0.15, 0.2) is 36.4 Å². The summed E-state index contributed by atoms with van der Waals surface area (Å²) in [5.74, 6) is 0.834. The van der Waals surface area contributed by atoms with Crippen LogP contribution in [-0.2, 0) is 22.6 Å². The van der Waals surface area contributed by atoms with Gasteiger partial charge in [-0.15, -0.1) is 0 Å². The summed E-state index contributed by atoms with van der Waals surface area (Å²) in [6.07, 6.45) is 1.48. The molecular weight excluding hydrogens is 463 g/mol. The maximum absolute atomic E-state index is 13.3. The van der Waals surface area contributed by atoms with Gasteiger partial charge in [-0.3, -0.25) is 9.59 Å². The number of nitrogens with zero attached hydrogens (tertiary/aromatic N) is 1. The maximum Gasteiger partial charge on any atom is 0.242 e. The van der Waals surface area contributed by atoms with Crippen molar-refractivity contribution in [3.8, 4) is 11.5 Å². The summed E-state index contributed by atoms with van der Waals surface area (Å²) in [5.41, 5.74) is 1.54. The van der Waals surface area contributed by atoms with Gasteiger partial charge in [0.25, 0.3) is 0 Å². The zero-order valence-corrected chi connectivity index (χ0v) is 21.3. The average molecular weight is 495 g/mol. The first-order valence-corrected chi connectivity index (χ1v) is 11.7. The largest absolute Gasteiger partial charge is 0.493 e. The van der Waals surface area contributed by atoms with Crippen LogP contribution in [0.5, 0.6) is 11.5 Å². The van der Waals surface area contributed by atoms with Crippen molar-refractivity contribution in [1.82, 2.24) is 10.2 Å².